The fourth-order valence-electron chi connectivity index (χ4n) is 5.18. The van der Waals surface area contributed by atoms with Crippen molar-refractivity contribution in [3.63, 3.8) is 0 Å². The first kappa shape index (κ1) is 29.9. The van der Waals surface area contributed by atoms with Gasteiger partial charge < -0.3 is 25.3 Å². The summed E-state index contributed by atoms with van der Waals surface area (Å²) in [5.74, 6) is -0.335. The molecule has 0 saturated heterocycles. The van der Waals surface area contributed by atoms with Crippen molar-refractivity contribution in [2.45, 2.75) is 29.5 Å². The van der Waals surface area contributed by atoms with Crippen molar-refractivity contribution in [1.29, 1.82) is 5.26 Å². The molecule has 3 aromatic rings. The van der Waals surface area contributed by atoms with Crippen LogP contribution in [0.4, 0.5) is 15.2 Å². The number of allylic oxidation sites excluding steroid dienone is 3. The van der Waals surface area contributed by atoms with E-state index in [1.165, 1.54) is 68.7 Å². The zero-order chi connectivity index (χ0) is 30.7. The molecule has 0 spiro atoms. The van der Waals surface area contributed by atoms with Gasteiger partial charge in [0.25, 0.3) is 0 Å². The van der Waals surface area contributed by atoms with E-state index in [2.05, 4.69) is 21.6 Å². The lowest BCUT2D eigenvalue weighted by molar-refractivity contribution is -0.116. The molecule has 14 heteroatoms. The minimum atomic E-state index is -0.796. The zero-order valence-corrected chi connectivity index (χ0v) is 25.1. The highest BCUT2D eigenvalue weighted by Crippen LogP contribution is 2.52. The number of anilines is 2. The van der Waals surface area contributed by atoms with Gasteiger partial charge in [-0.3, -0.25) is 14.5 Å². The molecule has 1 amide bonds. The molecule has 1 aromatic heterocycles. The van der Waals surface area contributed by atoms with E-state index in [9.17, 15) is 19.2 Å². The maximum atomic E-state index is 13.5. The number of benzene rings is 2. The molecule has 0 bridgehead atoms. The van der Waals surface area contributed by atoms with Crippen LogP contribution in [0.1, 0.15) is 30.7 Å². The van der Waals surface area contributed by atoms with Gasteiger partial charge in [-0.15, -0.1) is 10.2 Å². The largest absolute Gasteiger partial charge is 0.493 e. The number of thioether (sulfide) groups is 1. The Balaban J connectivity index is 1.48. The molecule has 222 valence electrons. The highest BCUT2D eigenvalue weighted by molar-refractivity contribution is 8.01. The quantitative estimate of drug-likeness (QED) is 0.318. The summed E-state index contributed by atoms with van der Waals surface area (Å²) in [7, 11) is 4.47. The number of amides is 1. The van der Waals surface area contributed by atoms with Crippen molar-refractivity contribution in [3.05, 3.63) is 70.4 Å². The van der Waals surface area contributed by atoms with E-state index < -0.39 is 11.7 Å². The van der Waals surface area contributed by atoms with Gasteiger partial charge in [0.05, 0.1) is 44.6 Å². The average Bonchev–Trinajstić information content (AvgIpc) is 3.48. The van der Waals surface area contributed by atoms with Crippen LogP contribution in [0.25, 0.3) is 0 Å². The van der Waals surface area contributed by atoms with Crippen LogP contribution >= 0.6 is 23.1 Å². The molecular weight excluding hydrogens is 595 g/mol. The Kier molecular flexibility index (Phi) is 8.84. The number of ketones is 1. The fourth-order valence-corrected chi connectivity index (χ4v) is 6.86. The third kappa shape index (κ3) is 5.73. The van der Waals surface area contributed by atoms with Crippen molar-refractivity contribution in [3.8, 4) is 23.3 Å². The summed E-state index contributed by atoms with van der Waals surface area (Å²) >= 11 is 2.35. The van der Waals surface area contributed by atoms with E-state index in [4.69, 9.17) is 19.9 Å². The second-order valence-electron chi connectivity index (χ2n) is 9.43. The summed E-state index contributed by atoms with van der Waals surface area (Å²) in [6, 6.07) is 11.1. The van der Waals surface area contributed by atoms with Crippen molar-refractivity contribution >= 4 is 45.6 Å². The van der Waals surface area contributed by atoms with Crippen LogP contribution in [0.15, 0.2) is 63.4 Å². The number of ether oxygens (including phenoxy) is 3. The first-order chi connectivity index (χ1) is 20.8. The number of carbonyl (C=O) groups is 2. The van der Waals surface area contributed by atoms with Gasteiger partial charge in [-0.1, -0.05) is 29.2 Å². The fraction of sp³-hybridized carbons (Fsp3) is 0.276. The predicted octanol–water partition coefficient (Wildman–Crippen LogP) is 4.74. The highest BCUT2D eigenvalue weighted by atomic mass is 32.2. The number of hydrogen-bond donors (Lipinski definition) is 2. The van der Waals surface area contributed by atoms with Gasteiger partial charge in [-0.05, 0) is 43.2 Å². The van der Waals surface area contributed by atoms with Crippen LogP contribution in [0.5, 0.6) is 17.2 Å². The lowest BCUT2D eigenvalue weighted by Gasteiger charge is -2.38. The number of Topliss-reactive ketones (excluding diaryl/α,β-unsaturated/α-hetero) is 1. The van der Waals surface area contributed by atoms with Crippen molar-refractivity contribution < 1.29 is 28.2 Å². The third-order valence-electron chi connectivity index (χ3n) is 7.00. The molecule has 2 aromatic carbocycles. The molecule has 1 aliphatic carbocycles. The number of nitrogens with zero attached hydrogens (tertiary/aromatic N) is 4. The lowest BCUT2D eigenvalue weighted by Crippen LogP contribution is -2.38. The van der Waals surface area contributed by atoms with Gasteiger partial charge in [-0.2, -0.15) is 5.26 Å². The van der Waals surface area contributed by atoms with Gasteiger partial charge in [-0.25, -0.2) is 4.39 Å². The standard InChI is InChI=1S/C29H27FN6O5S2/c1-39-21-12-11-17(25(40-2)26(21)41-3)23-18(13-31)27(32)36(19-5-4-6-20(37)24(19)23)28-34-35-29(43-28)42-14-22(38)33-16-9-7-15(30)8-10-16/h7-12,23H,4-6,14,32H2,1-3H3,(H,33,38). The Bertz CT molecular complexity index is 1680. The van der Waals surface area contributed by atoms with E-state index in [-0.39, 0.29) is 28.8 Å². The number of nitrogens with two attached hydrogens (primary N) is 1. The molecule has 2 heterocycles. The minimum Gasteiger partial charge on any atom is -0.493 e. The van der Waals surface area contributed by atoms with Crippen molar-refractivity contribution in [1.82, 2.24) is 10.2 Å². The molecule has 43 heavy (non-hydrogen) atoms. The number of rotatable bonds is 9. The predicted molar refractivity (Wildman–Crippen MR) is 160 cm³/mol. The monoisotopic (exact) mass is 622 g/mol. The Morgan fingerprint density at radius 1 is 1.14 bits per heavy atom. The Hall–Kier alpha value is -4.61. The number of nitriles is 1. The van der Waals surface area contributed by atoms with E-state index >= 15 is 0 Å². The topological polar surface area (TPSA) is 153 Å². The Labute approximate surface area is 255 Å². The number of carbonyl (C=O) groups excluding carboxylic acids is 2. The summed E-state index contributed by atoms with van der Waals surface area (Å²) in [6.45, 7) is 0. The van der Waals surface area contributed by atoms with Crippen molar-refractivity contribution in [2.24, 2.45) is 5.73 Å². The highest BCUT2D eigenvalue weighted by Gasteiger charge is 2.43. The molecule has 0 radical (unpaired) electrons. The second-order valence-corrected chi connectivity index (χ2v) is 11.6. The molecule has 3 N–H and O–H groups in total. The van der Waals surface area contributed by atoms with E-state index in [1.54, 1.807) is 17.0 Å². The molecule has 0 saturated carbocycles. The van der Waals surface area contributed by atoms with Gasteiger partial charge in [0, 0.05) is 28.9 Å². The summed E-state index contributed by atoms with van der Waals surface area (Å²) in [6.07, 6.45) is 1.44. The number of aromatic nitrogens is 2. The number of hydrogen-bond acceptors (Lipinski definition) is 12. The van der Waals surface area contributed by atoms with Crippen molar-refractivity contribution in [2.75, 3.05) is 37.3 Å². The molecule has 0 fully saturated rings. The van der Waals surface area contributed by atoms with Gasteiger partial charge >= 0.3 is 0 Å². The summed E-state index contributed by atoms with van der Waals surface area (Å²) in [5, 5.41) is 21.9. The van der Waals surface area contributed by atoms with E-state index in [1.807, 2.05) is 0 Å². The average molecular weight is 623 g/mol. The molecule has 1 aliphatic heterocycles. The van der Waals surface area contributed by atoms with E-state index in [0.717, 1.165) is 0 Å². The smallest absolute Gasteiger partial charge is 0.234 e. The normalized spacial score (nSPS) is 16.5. The maximum absolute atomic E-state index is 13.5. The van der Waals surface area contributed by atoms with Crippen LogP contribution in [0.3, 0.4) is 0 Å². The van der Waals surface area contributed by atoms with Gasteiger partial charge in [0.15, 0.2) is 21.6 Å². The number of halogens is 1. The maximum Gasteiger partial charge on any atom is 0.234 e. The zero-order valence-electron chi connectivity index (χ0n) is 23.5. The minimum absolute atomic E-state index is 0.0361. The van der Waals surface area contributed by atoms with Crippen LogP contribution in [0.2, 0.25) is 0 Å². The third-order valence-corrected chi connectivity index (χ3v) is 9.04. The molecule has 1 atom stereocenters. The second kappa shape index (κ2) is 12.7. The van der Waals surface area contributed by atoms with Gasteiger partial charge in [0.2, 0.25) is 16.8 Å². The van der Waals surface area contributed by atoms with E-state index in [0.29, 0.717) is 68.5 Å². The molecule has 1 unspecified atom stereocenters. The Morgan fingerprint density at radius 2 is 1.88 bits per heavy atom. The molecule has 2 aliphatic rings. The molecular formula is C29H27FN6O5S2. The summed E-state index contributed by atoms with van der Waals surface area (Å²) in [5.41, 5.74) is 8.92. The number of methoxy groups -OCH3 is 3. The van der Waals surface area contributed by atoms with Crippen LogP contribution in [0, 0.1) is 17.1 Å². The first-order valence-electron chi connectivity index (χ1n) is 13.1. The summed E-state index contributed by atoms with van der Waals surface area (Å²) < 4.78 is 30.3. The lowest BCUT2D eigenvalue weighted by atomic mass is 9.75. The number of nitrogens with one attached hydrogen (secondary N) is 1. The molecule has 5 rings (SSSR count). The van der Waals surface area contributed by atoms with Gasteiger partial charge in [0.1, 0.15) is 11.6 Å². The SMILES string of the molecule is COc1ccc(C2C(C#N)=C(N)N(c3nnc(SCC(=O)Nc4ccc(F)cc4)s3)C3=C2C(=O)CCC3)c(OC)c1OC. The van der Waals surface area contributed by atoms with Crippen LogP contribution in [-0.4, -0.2) is 49.0 Å². The Morgan fingerprint density at radius 3 is 2.56 bits per heavy atom. The van der Waals surface area contributed by atoms with Crippen LogP contribution in [-0.2, 0) is 9.59 Å². The molecule has 11 nitrogen and oxygen atoms in total. The summed E-state index contributed by atoms with van der Waals surface area (Å²) in [4.78, 5) is 27.6. The van der Waals surface area contributed by atoms with Crippen LogP contribution < -0.4 is 30.2 Å². The first-order valence-corrected chi connectivity index (χ1v) is 14.9.